The summed E-state index contributed by atoms with van der Waals surface area (Å²) in [6.07, 6.45) is 1.92. The fourth-order valence-corrected chi connectivity index (χ4v) is 2.15. The van der Waals surface area contributed by atoms with E-state index in [0.717, 1.165) is 10.0 Å². The molecule has 1 aromatic carbocycles. The zero-order valence-electron chi connectivity index (χ0n) is 8.95. The molecule has 0 aliphatic heterocycles. The molecular weight excluding hydrogens is 303 g/mol. The van der Waals surface area contributed by atoms with Crippen LogP contribution in [0.1, 0.15) is 16.8 Å². The second-order valence-electron chi connectivity index (χ2n) is 3.53. The van der Waals surface area contributed by atoms with Crippen LogP contribution in [-0.4, -0.2) is 11.7 Å². The molecule has 0 atom stereocenters. The summed E-state index contributed by atoms with van der Waals surface area (Å²) in [4.78, 5) is 11.9. The molecule has 1 aromatic heterocycles. The topological polar surface area (TPSA) is 30.2 Å². The van der Waals surface area contributed by atoms with Crippen LogP contribution in [-0.2, 0) is 0 Å². The van der Waals surface area contributed by atoms with Gasteiger partial charge in [-0.05, 0) is 30.3 Å². The number of Topliss-reactive ketones (excluding diaryl/α,β-unsaturated/α-hetero) is 1. The van der Waals surface area contributed by atoms with E-state index in [9.17, 15) is 4.79 Å². The molecule has 0 bridgehead atoms. The lowest BCUT2D eigenvalue weighted by atomic mass is 10.0. The molecule has 0 aliphatic carbocycles. The second kappa shape index (κ2) is 5.52. The van der Waals surface area contributed by atoms with E-state index in [-0.39, 0.29) is 5.78 Å². The maximum Gasteiger partial charge on any atom is 0.164 e. The van der Waals surface area contributed by atoms with E-state index in [1.807, 2.05) is 18.2 Å². The maximum atomic E-state index is 11.9. The SMILES string of the molecule is O=C(CCCl)c1ccc(Br)cc1-c1ccco1. The van der Waals surface area contributed by atoms with Crippen LogP contribution in [0.2, 0.25) is 0 Å². The highest BCUT2D eigenvalue weighted by atomic mass is 79.9. The van der Waals surface area contributed by atoms with Crippen LogP contribution in [0.4, 0.5) is 0 Å². The van der Waals surface area contributed by atoms with E-state index < -0.39 is 0 Å². The summed E-state index contributed by atoms with van der Waals surface area (Å²) >= 11 is 8.99. The predicted molar refractivity (Wildman–Crippen MR) is 71.5 cm³/mol. The number of hydrogen-bond donors (Lipinski definition) is 0. The van der Waals surface area contributed by atoms with Crippen molar-refractivity contribution in [3.05, 3.63) is 46.6 Å². The van der Waals surface area contributed by atoms with Gasteiger partial charge < -0.3 is 4.42 Å². The third kappa shape index (κ3) is 2.79. The number of alkyl halides is 1. The van der Waals surface area contributed by atoms with Crippen LogP contribution in [0, 0.1) is 0 Å². The van der Waals surface area contributed by atoms with Gasteiger partial charge in [-0.1, -0.05) is 15.9 Å². The number of carbonyl (C=O) groups is 1. The molecule has 0 amide bonds. The first-order chi connectivity index (χ1) is 8.22. The van der Waals surface area contributed by atoms with Gasteiger partial charge in [0.05, 0.1) is 6.26 Å². The Kier molecular flexibility index (Phi) is 4.02. The molecule has 0 N–H and O–H groups in total. The van der Waals surface area contributed by atoms with Crippen molar-refractivity contribution in [3.8, 4) is 11.3 Å². The van der Waals surface area contributed by atoms with Crippen molar-refractivity contribution in [2.75, 3.05) is 5.88 Å². The van der Waals surface area contributed by atoms with E-state index in [1.54, 1.807) is 18.4 Å². The Hall–Kier alpha value is -1.06. The monoisotopic (exact) mass is 312 g/mol. The second-order valence-corrected chi connectivity index (χ2v) is 4.82. The molecule has 88 valence electrons. The largest absolute Gasteiger partial charge is 0.464 e. The molecule has 0 saturated carbocycles. The van der Waals surface area contributed by atoms with Gasteiger partial charge in [-0.3, -0.25) is 4.79 Å². The van der Waals surface area contributed by atoms with Crippen molar-refractivity contribution in [1.82, 2.24) is 0 Å². The van der Waals surface area contributed by atoms with E-state index >= 15 is 0 Å². The van der Waals surface area contributed by atoms with Crippen LogP contribution in [0.15, 0.2) is 45.5 Å². The number of benzene rings is 1. The molecule has 0 unspecified atom stereocenters. The summed E-state index contributed by atoms with van der Waals surface area (Å²) in [6.45, 7) is 0. The number of furan rings is 1. The third-order valence-corrected chi connectivity index (χ3v) is 3.07. The van der Waals surface area contributed by atoms with Gasteiger partial charge in [-0.25, -0.2) is 0 Å². The fourth-order valence-electron chi connectivity index (χ4n) is 1.62. The molecule has 2 rings (SSSR count). The van der Waals surface area contributed by atoms with Gasteiger partial charge in [-0.2, -0.15) is 0 Å². The highest BCUT2D eigenvalue weighted by Gasteiger charge is 2.14. The highest BCUT2D eigenvalue weighted by molar-refractivity contribution is 9.10. The third-order valence-electron chi connectivity index (χ3n) is 2.39. The summed E-state index contributed by atoms with van der Waals surface area (Å²) in [5, 5.41) is 0. The van der Waals surface area contributed by atoms with Gasteiger partial charge >= 0.3 is 0 Å². The summed E-state index contributed by atoms with van der Waals surface area (Å²) < 4.78 is 6.25. The van der Waals surface area contributed by atoms with E-state index in [2.05, 4.69) is 15.9 Å². The molecule has 1 heterocycles. The number of hydrogen-bond acceptors (Lipinski definition) is 2. The first-order valence-electron chi connectivity index (χ1n) is 5.15. The van der Waals surface area contributed by atoms with Crippen LogP contribution in [0.25, 0.3) is 11.3 Å². The lowest BCUT2D eigenvalue weighted by Gasteiger charge is -2.06. The Morgan fingerprint density at radius 2 is 2.18 bits per heavy atom. The minimum absolute atomic E-state index is 0.0268. The van der Waals surface area contributed by atoms with Crippen molar-refractivity contribution in [3.63, 3.8) is 0 Å². The molecule has 0 fully saturated rings. The van der Waals surface area contributed by atoms with E-state index in [0.29, 0.717) is 23.6 Å². The van der Waals surface area contributed by atoms with Crippen LogP contribution >= 0.6 is 27.5 Å². The van der Waals surface area contributed by atoms with Crippen LogP contribution < -0.4 is 0 Å². The number of halogens is 2. The summed E-state index contributed by atoms with van der Waals surface area (Å²) in [5.41, 5.74) is 1.43. The molecular formula is C13H10BrClO2. The smallest absolute Gasteiger partial charge is 0.164 e. The molecule has 2 aromatic rings. The summed E-state index contributed by atoms with van der Waals surface area (Å²) in [7, 11) is 0. The van der Waals surface area contributed by atoms with Gasteiger partial charge in [0.1, 0.15) is 5.76 Å². The minimum Gasteiger partial charge on any atom is -0.464 e. The summed E-state index contributed by atoms with van der Waals surface area (Å²) in [5.74, 6) is 1.04. The molecule has 0 spiro atoms. The first kappa shape index (κ1) is 12.4. The predicted octanol–water partition coefficient (Wildman–Crippen LogP) is 4.52. The number of carbonyl (C=O) groups excluding carboxylic acids is 1. The Balaban J connectivity index is 2.49. The van der Waals surface area contributed by atoms with Gasteiger partial charge in [0.15, 0.2) is 5.78 Å². The average molecular weight is 314 g/mol. The Morgan fingerprint density at radius 3 is 2.82 bits per heavy atom. The highest BCUT2D eigenvalue weighted by Crippen LogP contribution is 2.28. The Bertz CT molecular complexity index is 520. The van der Waals surface area contributed by atoms with Crippen molar-refractivity contribution in [2.45, 2.75) is 6.42 Å². The van der Waals surface area contributed by atoms with Crippen molar-refractivity contribution in [1.29, 1.82) is 0 Å². The quantitative estimate of drug-likeness (QED) is 0.613. The zero-order valence-corrected chi connectivity index (χ0v) is 11.3. The Labute approximate surface area is 113 Å². The molecule has 2 nitrogen and oxygen atoms in total. The lowest BCUT2D eigenvalue weighted by molar-refractivity contribution is 0.0989. The average Bonchev–Trinajstić information content (AvgIpc) is 2.82. The van der Waals surface area contributed by atoms with E-state index in [4.69, 9.17) is 16.0 Å². The van der Waals surface area contributed by atoms with Crippen molar-refractivity contribution in [2.24, 2.45) is 0 Å². The van der Waals surface area contributed by atoms with Gasteiger partial charge in [0.2, 0.25) is 0 Å². The molecule has 4 heteroatoms. The van der Waals surface area contributed by atoms with Gasteiger partial charge in [0.25, 0.3) is 0 Å². The maximum absolute atomic E-state index is 11.9. The lowest BCUT2D eigenvalue weighted by Crippen LogP contribution is -2.02. The molecule has 17 heavy (non-hydrogen) atoms. The zero-order chi connectivity index (χ0) is 12.3. The Morgan fingerprint density at radius 1 is 1.35 bits per heavy atom. The van der Waals surface area contributed by atoms with Crippen LogP contribution in [0.3, 0.4) is 0 Å². The van der Waals surface area contributed by atoms with Crippen molar-refractivity contribution < 1.29 is 9.21 Å². The van der Waals surface area contributed by atoms with Crippen molar-refractivity contribution >= 4 is 33.3 Å². The normalized spacial score (nSPS) is 10.5. The number of ketones is 1. The molecule has 0 radical (unpaired) electrons. The molecule has 0 saturated heterocycles. The van der Waals surface area contributed by atoms with Gasteiger partial charge in [-0.15, -0.1) is 11.6 Å². The van der Waals surface area contributed by atoms with Crippen LogP contribution in [0.5, 0.6) is 0 Å². The summed E-state index contributed by atoms with van der Waals surface area (Å²) in [6, 6.07) is 9.14. The standard InChI is InChI=1S/C13H10BrClO2/c14-9-3-4-10(12(16)5-6-15)11(8-9)13-2-1-7-17-13/h1-4,7-8H,5-6H2. The first-order valence-corrected chi connectivity index (χ1v) is 6.47. The fraction of sp³-hybridized carbons (Fsp3) is 0.154. The minimum atomic E-state index is 0.0268. The van der Waals surface area contributed by atoms with E-state index in [1.165, 1.54) is 0 Å². The van der Waals surface area contributed by atoms with Gasteiger partial charge in [0, 0.05) is 27.9 Å². The molecule has 0 aliphatic rings. The number of rotatable bonds is 4.